The van der Waals surface area contributed by atoms with Crippen molar-refractivity contribution in [1.82, 2.24) is 5.32 Å². The fourth-order valence-electron chi connectivity index (χ4n) is 2.32. The van der Waals surface area contributed by atoms with Gasteiger partial charge in [0, 0.05) is 23.7 Å². The van der Waals surface area contributed by atoms with E-state index in [-0.39, 0.29) is 0 Å². The molecule has 1 N–H and O–H groups in total. The molecule has 0 saturated carbocycles. The highest BCUT2D eigenvalue weighted by Crippen LogP contribution is 2.31. The van der Waals surface area contributed by atoms with Gasteiger partial charge in [0.25, 0.3) is 0 Å². The summed E-state index contributed by atoms with van der Waals surface area (Å²) in [7, 11) is 0. The molecule has 0 aliphatic carbocycles. The van der Waals surface area contributed by atoms with Crippen LogP contribution in [0.4, 0.5) is 8.78 Å². The van der Waals surface area contributed by atoms with Crippen molar-refractivity contribution in [2.24, 2.45) is 5.92 Å². The van der Waals surface area contributed by atoms with Crippen molar-refractivity contribution in [2.75, 3.05) is 0 Å². The lowest BCUT2D eigenvalue weighted by atomic mass is 9.99. The molecule has 0 spiro atoms. The highest BCUT2D eigenvalue weighted by Gasteiger charge is 2.19. The van der Waals surface area contributed by atoms with Crippen LogP contribution >= 0.6 is 0 Å². The summed E-state index contributed by atoms with van der Waals surface area (Å²) in [5.41, 5.74) is 1.14. The Hall–Kier alpha value is -1.42. The van der Waals surface area contributed by atoms with E-state index < -0.39 is 11.6 Å². The zero-order valence-electron chi connectivity index (χ0n) is 12.4. The minimum atomic E-state index is -0.608. The minimum Gasteiger partial charge on any atom is -0.459 e. The highest BCUT2D eigenvalue weighted by atomic mass is 19.1. The van der Waals surface area contributed by atoms with Crippen LogP contribution in [-0.2, 0) is 13.0 Å². The largest absolute Gasteiger partial charge is 0.459 e. The van der Waals surface area contributed by atoms with Crippen molar-refractivity contribution in [2.45, 2.75) is 46.7 Å². The van der Waals surface area contributed by atoms with Crippen molar-refractivity contribution in [1.29, 1.82) is 0 Å². The third-order valence-electron chi connectivity index (χ3n) is 3.17. The van der Waals surface area contributed by atoms with E-state index in [1.54, 1.807) is 0 Å². The summed E-state index contributed by atoms with van der Waals surface area (Å²) in [5, 5.41) is 3.68. The van der Waals surface area contributed by atoms with Crippen LogP contribution in [0.2, 0.25) is 0 Å². The summed E-state index contributed by atoms with van der Waals surface area (Å²) < 4.78 is 33.0. The average molecular weight is 281 g/mol. The molecule has 0 fully saturated rings. The molecular weight excluding hydrogens is 260 g/mol. The SMILES string of the molecule is CC(C)Cc1c(CNC(C)C)oc2cc(F)cc(F)c12. The first-order valence-corrected chi connectivity index (χ1v) is 7.01. The second kappa shape index (κ2) is 5.92. The Morgan fingerprint density at radius 2 is 1.85 bits per heavy atom. The van der Waals surface area contributed by atoms with E-state index in [1.165, 1.54) is 6.07 Å². The Bertz CT molecular complexity index is 602. The van der Waals surface area contributed by atoms with Gasteiger partial charge in [0.05, 0.1) is 11.9 Å². The summed E-state index contributed by atoms with van der Waals surface area (Å²) >= 11 is 0. The standard InChI is InChI=1S/C16H21F2NO/c1-9(2)5-12-15(8-19-10(3)4)20-14-7-11(17)6-13(18)16(12)14/h6-7,9-10,19H,5,8H2,1-4H3. The van der Waals surface area contributed by atoms with E-state index >= 15 is 0 Å². The first-order valence-electron chi connectivity index (χ1n) is 7.01. The molecule has 0 aliphatic heterocycles. The first-order chi connectivity index (χ1) is 9.38. The Balaban J connectivity index is 2.51. The normalized spacial score (nSPS) is 12.0. The number of fused-ring (bicyclic) bond motifs is 1. The van der Waals surface area contributed by atoms with Gasteiger partial charge in [-0.3, -0.25) is 0 Å². The van der Waals surface area contributed by atoms with Gasteiger partial charge in [0.1, 0.15) is 23.0 Å². The molecule has 1 aromatic heterocycles. The van der Waals surface area contributed by atoms with Crippen LogP contribution < -0.4 is 5.32 Å². The summed E-state index contributed by atoms with van der Waals surface area (Å²) in [6, 6.07) is 2.47. The molecule has 0 bridgehead atoms. The molecule has 0 amide bonds. The molecule has 110 valence electrons. The van der Waals surface area contributed by atoms with Crippen LogP contribution in [0.25, 0.3) is 11.0 Å². The zero-order valence-corrected chi connectivity index (χ0v) is 12.4. The molecular formula is C16H21F2NO. The van der Waals surface area contributed by atoms with Gasteiger partial charge in [-0.15, -0.1) is 0 Å². The molecule has 20 heavy (non-hydrogen) atoms. The molecule has 4 heteroatoms. The molecule has 0 aliphatic rings. The topological polar surface area (TPSA) is 25.2 Å². The lowest BCUT2D eigenvalue weighted by Crippen LogP contribution is -2.22. The van der Waals surface area contributed by atoms with Gasteiger partial charge in [-0.25, -0.2) is 8.78 Å². The average Bonchev–Trinajstić information content (AvgIpc) is 2.63. The van der Waals surface area contributed by atoms with Gasteiger partial charge in [-0.1, -0.05) is 27.7 Å². The smallest absolute Gasteiger partial charge is 0.140 e. The number of rotatable bonds is 5. The minimum absolute atomic E-state index is 0.290. The molecule has 2 nitrogen and oxygen atoms in total. The van der Waals surface area contributed by atoms with Crippen molar-refractivity contribution in [3.05, 3.63) is 35.1 Å². The first kappa shape index (κ1) is 15.0. The summed E-state index contributed by atoms with van der Waals surface area (Å²) in [6.07, 6.45) is 0.713. The van der Waals surface area contributed by atoms with Gasteiger partial charge in [0.2, 0.25) is 0 Å². The van der Waals surface area contributed by atoms with E-state index in [1.807, 2.05) is 13.8 Å². The summed E-state index contributed by atoms with van der Waals surface area (Å²) in [5.74, 6) is -0.0802. The fourth-order valence-corrected chi connectivity index (χ4v) is 2.32. The predicted octanol–water partition coefficient (Wildman–Crippen LogP) is 4.41. The predicted molar refractivity (Wildman–Crippen MR) is 76.6 cm³/mol. The second-order valence-electron chi connectivity index (χ2n) is 5.90. The molecule has 1 aromatic carbocycles. The fraction of sp³-hybridized carbons (Fsp3) is 0.500. The van der Waals surface area contributed by atoms with Crippen LogP contribution in [0.3, 0.4) is 0 Å². The maximum absolute atomic E-state index is 14.0. The number of halogens is 2. The Kier molecular flexibility index (Phi) is 4.43. The monoisotopic (exact) mass is 281 g/mol. The number of hydrogen-bond acceptors (Lipinski definition) is 2. The van der Waals surface area contributed by atoms with Crippen LogP contribution in [0, 0.1) is 17.6 Å². The zero-order chi connectivity index (χ0) is 14.9. The third kappa shape index (κ3) is 3.18. The summed E-state index contributed by atoms with van der Waals surface area (Å²) in [4.78, 5) is 0. The lowest BCUT2D eigenvalue weighted by Gasteiger charge is -2.09. The van der Waals surface area contributed by atoms with Crippen LogP contribution in [0.15, 0.2) is 16.5 Å². The van der Waals surface area contributed by atoms with Gasteiger partial charge in [-0.2, -0.15) is 0 Å². The quantitative estimate of drug-likeness (QED) is 0.878. The van der Waals surface area contributed by atoms with E-state index in [0.29, 0.717) is 41.7 Å². The van der Waals surface area contributed by atoms with E-state index in [9.17, 15) is 8.78 Å². The Labute approximate surface area is 118 Å². The number of furan rings is 1. The van der Waals surface area contributed by atoms with Crippen molar-refractivity contribution < 1.29 is 13.2 Å². The Morgan fingerprint density at radius 1 is 1.15 bits per heavy atom. The molecule has 2 aromatic rings. The van der Waals surface area contributed by atoms with Gasteiger partial charge >= 0.3 is 0 Å². The van der Waals surface area contributed by atoms with E-state index in [0.717, 1.165) is 11.6 Å². The van der Waals surface area contributed by atoms with Crippen molar-refractivity contribution in [3.8, 4) is 0 Å². The molecule has 2 rings (SSSR count). The maximum Gasteiger partial charge on any atom is 0.140 e. The van der Waals surface area contributed by atoms with E-state index in [2.05, 4.69) is 19.2 Å². The highest BCUT2D eigenvalue weighted by molar-refractivity contribution is 5.83. The number of nitrogens with one attached hydrogen (secondary N) is 1. The molecule has 0 unspecified atom stereocenters. The third-order valence-corrected chi connectivity index (χ3v) is 3.17. The molecule has 1 heterocycles. The summed E-state index contributed by atoms with van der Waals surface area (Å²) in [6.45, 7) is 8.73. The van der Waals surface area contributed by atoms with Crippen molar-refractivity contribution in [3.63, 3.8) is 0 Å². The molecule has 0 radical (unpaired) electrons. The molecule has 0 saturated heterocycles. The number of hydrogen-bond donors (Lipinski definition) is 1. The van der Waals surface area contributed by atoms with Gasteiger partial charge in [0.15, 0.2) is 0 Å². The molecule has 0 atom stereocenters. The number of benzene rings is 1. The second-order valence-corrected chi connectivity index (χ2v) is 5.90. The van der Waals surface area contributed by atoms with Crippen LogP contribution in [-0.4, -0.2) is 6.04 Å². The maximum atomic E-state index is 14.0. The van der Waals surface area contributed by atoms with Gasteiger partial charge < -0.3 is 9.73 Å². The van der Waals surface area contributed by atoms with Crippen molar-refractivity contribution >= 4 is 11.0 Å². The Morgan fingerprint density at radius 3 is 2.45 bits per heavy atom. The van der Waals surface area contributed by atoms with Gasteiger partial charge in [-0.05, 0) is 12.3 Å². The van der Waals surface area contributed by atoms with E-state index in [4.69, 9.17) is 4.42 Å². The lowest BCUT2D eigenvalue weighted by molar-refractivity contribution is 0.477. The van der Waals surface area contributed by atoms with Crippen LogP contribution in [0.1, 0.15) is 39.0 Å². The van der Waals surface area contributed by atoms with Crippen LogP contribution in [0.5, 0.6) is 0 Å².